The van der Waals surface area contributed by atoms with Gasteiger partial charge in [-0.2, -0.15) is 0 Å². The molecule has 0 aromatic carbocycles. The first-order valence-electron chi connectivity index (χ1n) is 16.5. The number of ether oxygens (including phenoxy) is 2. The van der Waals surface area contributed by atoms with Gasteiger partial charge in [0.2, 0.25) is 0 Å². The molecule has 0 spiro atoms. The maximum absolute atomic E-state index is 11.7. The van der Waals surface area contributed by atoms with Crippen LogP contribution in [0.5, 0.6) is 0 Å². The Morgan fingerprint density at radius 3 is 1.03 bits per heavy atom. The van der Waals surface area contributed by atoms with E-state index in [0.717, 1.165) is 25.7 Å². The molecule has 0 fully saturated rings. The Bertz CT molecular complexity index is 477. The molecule has 4 heteroatoms. The van der Waals surface area contributed by atoms with Crippen molar-refractivity contribution < 1.29 is 19.1 Å². The van der Waals surface area contributed by atoms with E-state index in [9.17, 15) is 9.59 Å². The summed E-state index contributed by atoms with van der Waals surface area (Å²) >= 11 is 0. The van der Waals surface area contributed by atoms with E-state index in [4.69, 9.17) is 9.47 Å². The van der Waals surface area contributed by atoms with Crippen LogP contribution >= 0.6 is 0 Å². The van der Waals surface area contributed by atoms with Crippen molar-refractivity contribution in [3.8, 4) is 0 Å². The summed E-state index contributed by atoms with van der Waals surface area (Å²) in [6.45, 7) is 5.20. The predicted octanol–water partition coefficient (Wildman–Crippen LogP) is 10.6. The molecule has 37 heavy (non-hydrogen) atoms. The van der Waals surface area contributed by atoms with Gasteiger partial charge >= 0.3 is 11.9 Å². The minimum atomic E-state index is -0.0375. The number of carbonyl (C=O) groups is 2. The molecule has 0 aliphatic carbocycles. The van der Waals surface area contributed by atoms with Gasteiger partial charge in [0.05, 0.1) is 13.2 Å². The molecule has 0 unspecified atom stereocenters. The number of carbonyl (C=O) groups excluding carboxylic acids is 2. The van der Waals surface area contributed by atoms with E-state index >= 15 is 0 Å². The molecule has 0 aliphatic heterocycles. The number of esters is 2. The van der Waals surface area contributed by atoms with Gasteiger partial charge in [0.15, 0.2) is 0 Å². The molecule has 0 bridgehead atoms. The minimum absolute atomic E-state index is 0.00584. The lowest BCUT2D eigenvalue weighted by molar-refractivity contribution is -0.144. The fourth-order valence-corrected chi connectivity index (χ4v) is 4.92. The fraction of sp³-hybridized carbons (Fsp3) is 0.939. The number of rotatable bonds is 30. The summed E-state index contributed by atoms with van der Waals surface area (Å²) in [5.41, 5.74) is 0. The van der Waals surface area contributed by atoms with Crippen LogP contribution in [0.25, 0.3) is 0 Å². The molecule has 4 nitrogen and oxygen atoms in total. The number of hydrogen-bond donors (Lipinski definition) is 0. The first-order chi connectivity index (χ1) is 18.2. The molecule has 0 atom stereocenters. The van der Waals surface area contributed by atoms with Gasteiger partial charge in [-0.15, -0.1) is 0 Å². The van der Waals surface area contributed by atoms with Crippen LogP contribution < -0.4 is 0 Å². The molecule has 0 rings (SSSR count). The van der Waals surface area contributed by atoms with E-state index < -0.39 is 0 Å². The Morgan fingerprint density at radius 1 is 0.378 bits per heavy atom. The van der Waals surface area contributed by atoms with Gasteiger partial charge in [-0.05, 0) is 26.2 Å². The molecule has 0 saturated heterocycles. The Hall–Kier alpha value is -1.06. The largest absolute Gasteiger partial charge is 0.466 e. The van der Waals surface area contributed by atoms with Gasteiger partial charge in [0.25, 0.3) is 0 Å². The Kier molecular flexibility index (Phi) is 30.3. The van der Waals surface area contributed by atoms with Gasteiger partial charge in [0.1, 0.15) is 0 Å². The third-order valence-corrected chi connectivity index (χ3v) is 7.33. The lowest BCUT2D eigenvalue weighted by Gasteiger charge is -2.05. The first kappa shape index (κ1) is 35.9. The fourth-order valence-electron chi connectivity index (χ4n) is 4.92. The molecular formula is C33H64O4. The van der Waals surface area contributed by atoms with Gasteiger partial charge in [-0.1, -0.05) is 148 Å². The standard InChI is InChI=1S/C33H64O4/c1-3-5-6-25-28-31-37-33(35)30-27-24-22-20-18-16-14-12-10-8-7-9-11-13-15-17-19-21-23-26-29-32(34)36-4-2/h3-31H2,1-2H3. The van der Waals surface area contributed by atoms with Gasteiger partial charge < -0.3 is 9.47 Å². The quantitative estimate of drug-likeness (QED) is 0.0692. The molecule has 0 aromatic heterocycles. The average Bonchev–Trinajstić information content (AvgIpc) is 2.89. The van der Waals surface area contributed by atoms with Crippen molar-refractivity contribution in [2.75, 3.05) is 13.2 Å². The summed E-state index contributed by atoms with van der Waals surface area (Å²) < 4.78 is 10.3. The van der Waals surface area contributed by atoms with Gasteiger partial charge in [-0.25, -0.2) is 0 Å². The van der Waals surface area contributed by atoms with Crippen LogP contribution in [0, 0.1) is 0 Å². The highest BCUT2D eigenvalue weighted by Gasteiger charge is 2.03. The molecular weight excluding hydrogens is 460 g/mol. The molecule has 0 saturated carbocycles. The second kappa shape index (κ2) is 31.2. The van der Waals surface area contributed by atoms with Crippen LogP contribution in [0.1, 0.15) is 187 Å². The van der Waals surface area contributed by atoms with Crippen LogP contribution in [0.15, 0.2) is 0 Å². The molecule has 0 radical (unpaired) electrons. The van der Waals surface area contributed by atoms with E-state index in [1.54, 1.807) is 0 Å². The van der Waals surface area contributed by atoms with Crippen LogP contribution in [0.2, 0.25) is 0 Å². The van der Waals surface area contributed by atoms with Crippen molar-refractivity contribution in [3.63, 3.8) is 0 Å². The summed E-state index contributed by atoms with van der Waals surface area (Å²) in [5, 5.41) is 0. The molecule has 0 aliphatic rings. The van der Waals surface area contributed by atoms with Crippen LogP contribution in [-0.4, -0.2) is 25.2 Å². The lowest BCUT2D eigenvalue weighted by atomic mass is 10.0. The lowest BCUT2D eigenvalue weighted by Crippen LogP contribution is -2.05. The summed E-state index contributed by atoms with van der Waals surface area (Å²) in [4.78, 5) is 23.0. The maximum atomic E-state index is 11.7. The monoisotopic (exact) mass is 524 g/mol. The van der Waals surface area contributed by atoms with Crippen molar-refractivity contribution in [2.24, 2.45) is 0 Å². The Balaban J connectivity index is 3.12. The molecule has 0 aromatic rings. The SMILES string of the molecule is CCCCCCCOC(=O)CCCCCCCCCCCCCCCCCCCCCCC(=O)OCC. The second-order valence-corrected chi connectivity index (χ2v) is 11.0. The highest BCUT2D eigenvalue weighted by molar-refractivity contribution is 5.69. The van der Waals surface area contributed by atoms with Crippen molar-refractivity contribution in [1.82, 2.24) is 0 Å². The normalized spacial score (nSPS) is 11.1. The van der Waals surface area contributed by atoms with Crippen LogP contribution in [-0.2, 0) is 19.1 Å². The van der Waals surface area contributed by atoms with Crippen molar-refractivity contribution >= 4 is 11.9 Å². The molecule has 0 amide bonds. The highest BCUT2D eigenvalue weighted by atomic mass is 16.5. The van der Waals surface area contributed by atoms with Crippen molar-refractivity contribution in [2.45, 2.75) is 187 Å². The zero-order chi connectivity index (χ0) is 27.1. The van der Waals surface area contributed by atoms with Gasteiger partial charge in [0, 0.05) is 12.8 Å². The third kappa shape index (κ3) is 31.1. The Labute approximate surface area is 231 Å². The molecule has 220 valence electrons. The van der Waals surface area contributed by atoms with E-state index in [0.29, 0.717) is 26.1 Å². The smallest absolute Gasteiger partial charge is 0.305 e. The van der Waals surface area contributed by atoms with Gasteiger partial charge in [-0.3, -0.25) is 9.59 Å². The van der Waals surface area contributed by atoms with Crippen LogP contribution in [0.3, 0.4) is 0 Å². The first-order valence-corrected chi connectivity index (χ1v) is 16.5. The maximum Gasteiger partial charge on any atom is 0.305 e. The summed E-state index contributed by atoms with van der Waals surface area (Å²) in [6.07, 6.45) is 33.4. The van der Waals surface area contributed by atoms with E-state index in [-0.39, 0.29) is 11.9 Å². The summed E-state index contributed by atoms with van der Waals surface area (Å²) in [7, 11) is 0. The average molecular weight is 525 g/mol. The minimum Gasteiger partial charge on any atom is -0.466 e. The molecule has 0 heterocycles. The zero-order valence-electron chi connectivity index (χ0n) is 25.1. The number of unbranched alkanes of at least 4 members (excludes halogenated alkanes) is 23. The predicted molar refractivity (Wildman–Crippen MR) is 158 cm³/mol. The van der Waals surface area contributed by atoms with E-state index in [1.165, 1.54) is 135 Å². The second-order valence-electron chi connectivity index (χ2n) is 11.0. The Morgan fingerprint density at radius 2 is 0.676 bits per heavy atom. The topological polar surface area (TPSA) is 52.6 Å². The third-order valence-electron chi connectivity index (χ3n) is 7.33. The van der Waals surface area contributed by atoms with E-state index in [2.05, 4.69) is 6.92 Å². The van der Waals surface area contributed by atoms with Crippen molar-refractivity contribution in [1.29, 1.82) is 0 Å². The van der Waals surface area contributed by atoms with E-state index in [1.807, 2.05) is 6.92 Å². The molecule has 0 N–H and O–H groups in total. The zero-order valence-corrected chi connectivity index (χ0v) is 25.1. The summed E-state index contributed by atoms with van der Waals surface area (Å²) in [6, 6.07) is 0. The van der Waals surface area contributed by atoms with Crippen molar-refractivity contribution in [3.05, 3.63) is 0 Å². The summed E-state index contributed by atoms with van der Waals surface area (Å²) in [5.74, 6) is -0.0316. The number of hydrogen-bond acceptors (Lipinski definition) is 4. The highest BCUT2D eigenvalue weighted by Crippen LogP contribution is 2.15. The van der Waals surface area contributed by atoms with Crippen LogP contribution in [0.4, 0.5) is 0 Å².